The van der Waals surface area contributed by atoms with Gasteiger partial charge in [0, 0.05) is 17.8 Å². The van der Waals surface area contributed by atoms with Gasteiger partial charge in [0.05, 0.1) is 0 Å². The standard InChI is InChI=1S/C14H22ClN3/c1-2-3-10-4-6-12(7-5-10)17-14-9-11(16)8-13(15)18-14/h8-10,12H,2-7H2,1H3,(H3,16,17,18). The van der Waals surface area contributed by atoms with Crippen LogP contribution in [0.1, 0.15) is 45.4 Å². The summed E-state index contributed by atoms with van der Waals surface area (Å²) in [7, 11) is 0. The predicted octanol–water partition coefficient (Wildman–Crippen LogP) is 4.09. The molecule has 1 saturated carbocycles. The van der Waals surface area contributed by atoms with E-state index in [0.717, 1.165) is 11.7 Å². The molecular weight excluding hydrogens is 246 g/mol. The van der Waals surface area contributed by atoms with Gasteiger partial charge in [-0.1, -0.05) is 31.4 Å². The molecule has 2 rings (SSSR count). The number of hydrogen-bond acceptors (Lipinski definition) is 3. The number of halogens is 1. The molecule has 3 nitrogen and oxygen atoms in total. The lowest BCUT2D eigenvalue weighted by atomic mass is 9.83. The van der Waals surface area contributed by atoms with Gasteiger partial charge in [0.25, 0.3) is 0 Å². The van der Waals surface area contributed by atoms with Crippen LogP contribution in [0, 0.1) is 5.92 Å². The number of aromatic nitrogens is 1. The smallest absolute Gasteiger partial charge is 0.133 e. The van der Waals surface area contributed by atoms with Crippen LogP contribution in [0.3, 0.4) is 0 Å². The molecule has 18 heavy (non-hydrogen) atoms. The van der Waals surface area contributed by atoms with Crippen LogP contribution in [-0.4, -0.2) is 11.0 Å². The number of nitrogens with zero attached hydrogens (tertiary/aromatic N) is 1. The van der Waals surface area contributed by atoms with E-state index in [4.69, 9.17) is 17.3 Å². The largest absolute Gasteiger partial charge is 0.399 e. The van der Waals surface area contributed by atoms with Crippen molar-refractivity contribution in [1.29, 1.82) is 0 Å². The maximum Gasteiger partial charge on any atom is 0.133 e. The Hall–Kier alpha value is -0.960. The van der Waals surface area contributed by atoms with Gasteiger partial charge in [-0.05, 0) is 37.7 Å². The third-order valence-electron chi connectivity index (χ3n) is 3.71. The van der Waals surface area contributed by atoms with Gasteiger partial charge in [-0.3, -0.25) is 0 Å². The van der Waals surface area contributed by atoms with E-state index in [-0.39, 0.29) is 0 Å². The predicted molar refractivity (Wildman–Crippen MR) is 77.9 cm³/mol. The molecule has 1 aliphatic rings. The SMILES string of the molecule is CCCC1CCC(Nc2cc(N)cc(Cl)n2)CC1. The van der Waals surface area contributed by atoms with Crippen molar-refractivity contribution < 1.29 is 0 Å². The molecule has 1 aromatic rings. The first-order valence-corrected chi connectivity index (χ1v) is 7.24. The average Bonchev–Trinajstić information content (AvgIpc) is 2.31. The molecule has 0 aromatic carbocycles. The number of rotatable bonds is 4. The Kier molecular flexibility index (Phi) is 4.70. The second-order valence-electron chi connectivity index (χ2n) is 5.26. The lowest BCUT2D eigenvalue weighted by Crippen LogP contribution is -2.26. The van der Waals surface area contributed by atoms with E-state index in [1.807, 2.05) is 6.07 Å². The summed E-state index contributed by atoms with van der Waals surface area (Å²) in [5.41, 5.74) is 6.43. The van der Waals surface area contributed by atoms with Crippen molar-refractivity contribution in [3.63, 3.8) is 0 Å². The van der Waals surface area contributed by atoms with Crippen LogP contribution in [0.5, 0.6) is 0 Å². The normalized spacial score (nSPS) is 23.9. The molecule has 100 valence electrons. The zero-order valence-corrected chi connectivity index (χ0v) is 11.7. The molecule has 0 unspecified atom stereocenters. The Labute approximate surface area is 114 Å². The number of nitrogens with two attached hydrogens (primary N) is 1. The Morgan fingerprint density at radius 2 is 2.06 bits per heavy atom. The van der Waals surface area contributed by atoms with Crippen molar-refractivity contribution in [2.24, 2.45) is 5.92 Å². The molecular formula is C14H22ClN3. The molecule has 0 aliphatic heterocycles. The van der Waals surface area contributed by atoms with Gasteiger partial charge in [0.1, 0.15) is 11.0 Å². The van der Waals surface area contributed by atoms with Crippen LogP contribution in [0.25, 0.3) is 0 Å². The Bertz CT molecular complexity index is 366. The molecule has 0 radical (unpaired) electrons. The fourth-order valence-corrected chi connectivity index (χ4v) is 3.02. The highest BCUT2D eigenvalue weighted by Gasteiger charge is 2.20. The zero-order valence-electron chi connectivity index (χ0n) is 11.0. The van der Waals surface area contributed by atoms with E-state index in [2.05, 4.69) is 17.2 Å². The maximum absolute atomic E-state index is 5.90. The molecule has 3 N–H and O–H groups in total. The van der Waals surface area contributed by atoms with Crippen LogP contribution >= 0.6 is 11.6 Å². The van der Waals surface area contributed by atoms with Gasteiger partial charge in [0.2, 0.25) is 0 Å². The fraction of sp³-hybridized carbons (Fsp3) is 0.643. The molecule has 0 bridgehead atoms. The number of hydrogen-bond donors (Lipinski definition) is 2. The van der Waals surface area contributed by atoms with Crippen molar-refractivity contribution in [3.05, 3.63) is 17.3 Å². The molecule has 0 atom stereocenters. The second kappa shape index (κ2) is 6.28. The third-order valence-corrected chi connectivity index (χ3v) is 3.91. The van der Waals surface area contributed by atoms with Crippen molar-refractivity contribution in [2.75, 3.05) is 11.1 Å². The van der Waals surface area contributed by atoms with E-state index in [1.165, 1.54) is 38.5 Å². The van der Waals surface area contributed by atoms with E-state index in [0.29, 0.717) is 16.9 Å². The first kappa shape index (κ1) is 13.5. The lowest BCUT2D eigenvalue weighted by Gasteiger charge is -2.29. The summed E-state index contributed by atoms with van der Waals surface area (Å²) in [4.78, 5) is 4.26. The number of anilines is 2. The summed E-state index contributed by atoms with van der Waals surface area (Å²) in [6, 6.07) is 4.04. The van der Waals surface area contributed by atoms with Crippen molar-refractivity contribution in [3.8, 4) is 0 Å². The first-order chi connectivity index (χ1) is 8.67. The first-order valence-electron chi connectivity index (χ1n) is 6.87. The molecule has 1 heterocycles. The number of nitrogen functional groups attached to an aromatic ring is 1. The summed E-state index contributed by atoms with van der Waals surface area (Å²) < 4.78 is 0. The summed E-state index contributed by atoms with van der Waals surface area (Å²) in [5, 5.41) is 3.91. The minimum Gasteiger partial charge on any atom is -0.399 e. The Balaban J connectivity index is 1.87. The second-order valence-corrected chi connectivity index (χ2v) is 5.65. The van der Waals surface area contributed by atoms with Gasteiger partial charge in [-0.25, -0.2) is 4.98 Å². The van der Waals surface area contributed by atoms with Crippen LogP contribution in [0.15, 0.2) is 12.1 Å². The molecule has 1 aromatic heterocycles. The molecule has 1 aliphatic carbocycles. The highest BCUT2D eigenvalue weighted by atomic mass is 35.5. The molecule has 0 spiro atoms. The topological polar surface area (TPSA) is 50.9 Å². The highest BCUT2D eigenvalue weighted by Crippen LogP contribution is 2.29. The van der Waals surface area contributed by atoms with Crippen molar-refractivity contribution in [1.82, 2.24) is 4.98 Å². The molecule has 1 fully saturated rings. The quantitative estimate of drug-likeness (QED) is 0.808. The van der Waals surface area contributed by atoms with E-state index in [9.17, 15) is 0 Å². The van der Waals surface area contributed by atoms with Crippen LogP contribution in [0.2, 0.25) is 5.15 Å². The van der Waals surface area contributed by atoms with Crippen LogP contribution in [-0.2, 0) is 0 Å². The summed E-state index contributed by atoms with van der Waals surface area (Å²) in [6.07, 6.45) is 7.75. The van der Waals surface area contributed by atoms with Crippen molar-refractivity contribution in [2.45, 2.75) is 51.5 Å². The molecule has 4 heteroatoms. The Morgan fingerprint density at radius 1 is 1.33 bits per heavy atom. The van der Waals surface area contributed by atoms with E-state index in [1.54, 1.807) is 6.07 Å². The van der Waals surface area contributed by atoms with Gasteiger partial charge in [-0.2, -0.15) is 0 Å². The summed E-state index contributed by atoms with van der Waals surface area (Å²) in [6.45, 7) is 2.27. The Morgan fingerprint density at radius 3 is 2.67 bits per heavy atom. The molecule has 0 amide bonds. The summed E-state index contributed by atoms with van der Waals surface area (Å²) in [5.74, 6) is 1.73. The lowest BCUT2D eigenvalue weighted by molar-refractivity contribution is 0.318. The van der Waals surface area contributed by atoms with Crippen LogP contribution in [0.4, 0.5) is 11.5 Å². The number of pyridine rings is 1. The van der Waals surface area contributed by atoms with E-state index >= 15 is 0 Å². The van der Waals surface area contributed by atoms with Gasteiger partial charge < -0.3 is 11.1 Å². The fourth-order valence-electron chi connectivity index (χ4n) is 2.80. The molecule has 0 saturated heterocycles. The average molecular weight is 268 g/mol. The van der Waals surface area contributed by atoms with Gasteiger partial charge in [0.15, 0.2) is 0 Å². The van der Waals surface area contributed by atoms with Crippen LogP contribution < -0.4 is 11.1 Å². The van der Waals surface area contributed by atoms with Gasteiger partial charge >= 0.3 is 0 Å². The summed E-state index contributed by atoms with van der Waals surface area (Å²) >= 11 is 5.90. The van der Waals surface area contributed by atoms with Gasteiger partial charge in [-0.15, -0.1) is 0 Å². The minimum absolute atomic E-state index is 0.456. The monoisotopic (exact) mass is 267 g/mol. The third kappa shape index (κ3) is 3.77. The minimum atomic E-state index is 0.456. The van der Waals surface area contributed by atoms with Crippen molar-refractivity contribution >= 4 is 23.1 Å². The maximum atomic E-state index is 5.90. The number of nitrogens with one attached hydrogen (secondary N) is 1. The highest BCUT2D eigenvalue weighted by molar-refractivity contribution is 6.29. The van der Waals surface area contributed by atoms with E-state index < -0.39 is 0 Å². The zero-order chi connectivity index (χ0) is 13.0.